The van der Waals surface area contributed by atoms with Crippen LogP contribution in [0.3, 0.4) is 0 Å². The maximum Gasteiger partial charge on any atom is 0.0608 e. The zero-order chi connectivity index (χ0) is 7.84. The average Bonchev–Trinajstić information content (AvgIpc) is 2.34. The minimum Gasteiger partial charge on any atom is -0.392 e. The van der Waals surface area contributed by atoms with Crippen LogP contribution in [0.5, 0.6) is 0 Å². The molecule has 0 spiro atoms. The molecule has 11 heavy (non-hydrogen) atoms. The number of hydrogen-bond donors (Lipinski definition) is 1. The average molecular weight is 152 g/mol. The van der Waals surface area contributed by atoms with Crippen LogP contribution in [0.15, 0.2) is 12.2 Å². The quantitative estimate of drug-likeness (QED) is 0.527. The van der Waals surface area contributed by atoms with E-state index in [9.17, 15) is 5.11 Å². The molecule has 1 heteroatoms. The SMILES string of the molecule is C=C1CCC2CCCC(O)C12. The Morgan fingerprint density at radius 1 is 1.27 bits per heavy atom. The van der Waals surface area contributed by atoms with Gasteiger partial charge in [0.25, 0.3) is 0 Å². The number of aliphatic hydroxyl groups excluding tert-OH is 1. The third kappa shape index (κ3) is 1.12. The first-order valence-electron chi connectivity index (χ1n) is 4.65. The standard InChI is InChI=1S/C10H16O/c1-7-5-6-8-3-2-4-9(11)10(7)8/h8-11H,1-6H2. The third-order valence-electron chi connectivity index (χ3n) is 3.30. The van der Waals surface area contributed by atoms with Crippen LogP contribution in [0.1, 0.15) is 32.1 Å². The molecule has 0 bridgehead atoms. The Morgan fingerprint density at radius 3 is 2.82 bits per heavy atom. The maximum absolute atomic E-state index is 9.69. The molecule has 0 heterocycles. The van der Waals surface area contributed by atoms with Crippen LogP contribution in [0.4, 0.5) is 0 Å². The van der Waals surface area contributed by atoms with Crippen molar-refractivity contribution >= 4 is 0 Å². The van der Waals surface area contributed by atoms with E-state index < -0.39 is 0 Å². The van der Waals surface area contributed by atoms with Gasteiger partial charge in [-0.2, -0.15) is 0 Å². The van der Waals surface area contributed by atoms with Crippen LogP contribution in [-0.4, -0.2) is 11.2 Å². The summed E-state index contributed by atoms with van der Waals surface area (Å²) in [6.07, 6.45) is 5.91. The van der Waals surface area contributed by atoms with E-state index in [1.807, 2.05) is 0 Å². The molecule has 0 amide bonds. The first-order valence-corrected chi connectivity index (χ1v) is 4.65. The fourth-order valence-electron chi connectivity index (χ4n) is 2.73. The molecular weight excluding hydrogens is 136 g/mol. The Morgan fingerprint density at radius 2 is 2.09 bits per heavy atom. The predicted molar refractivity (Wildman–Crippen MR) is 45.2 cm³/mol. The van der Waals surface area contributed by atoms with Gasteiger partial charge in [-0.15, -0.1) is 0 Å². The van der Waals surface area contributed by atoms with Crippen LogP contribution < -0.4 is 0 Å². The minimum atomic E-state index is -0.0660. The second kappa shape index (κ2) is 2.63. The molecule has 2 rings (SSSR count). The minimum absolute atomic E-state index is 0.0660. The summed E-state index contributed by atoms with van der Waals surface area (Å²) in [5.74, 6) is 1.23. The van der Waals surface area contributed by atoms with Crippen molar-refractivity contribution in [2.45, 2.75) is 38.2 Å². The molecule has 0 radical (unpaired) electrons. The monoisotopic (exact) mass is 152 g/mol. The summed E-state index contributed by atoms with van der Waals surface area (Å²) < 4.78 is 0. The first-order chi connectivity index (χ1) is 5.29. The van der Waals surface area contributed by atoms with Gasteiger partial charge in [0, 0.05) is 5.92 Å². The smallest absolute Gasteiger partial charge is 0.0608 e. The summed E-state index contributed by atoms with van der Waals surface area (Å²) in [5, 5.41) is 9.69. The molecule has 3 atom stereocenters. The largest absolute Gasteiger partial charge is 0.392 e. The highest BCUT2D eigenvalue weighted by Gasteiger charge is 2.37. The van der Waals surface area contributed by atoms with E-state index in [4.69, 9.17) is 0 Å². The fraction of sp³-hybridized carbons (Fsp3) is 0.800. The Labute approximate surface area is 68.1 Å². The lowest BCUT2D eigenvalue weighted by molar-refractivity contribution is 0.0637. The molecule has 62 valence electrons. The lowest BCUT2D eigenvalue weighted by Gasteiger charge is -2.30. The van der Waals surface area contributed by atoms with Gasteiger partial charge in [-0.25, -0.2) is 0 Å². The molecule has 1 nitrogen and oxygen atoms in total. The number of hydrogen-bond acceptors (Lipinski definition) is 1. The van der Waals surface area contributed by atoms with E-state index in [1.165, 1.54) is 24.8 Å². The molecule has 0 saturated heterocycles. The highest BCUT2D eigenvalue weighted by Crippen LogP contribution is 2.44. The summed E-state index contributed by atoms with van der Waals surface area (Å²) in [6.45, 7) is 4.03. The van der Waals surface area contributed by atoms with E-state index >= 15 is 0 Å². The fourth-order valence-corrected chi connectivity index (χ4v) is 2.73. The van der Waals surface area contributed by atoms with Crippen molar-refractivity contribution in [3.8, 4) is 0 Å². The number of fused-ring (bicyclic) bond motifs is 1. The summed E-state index contributed by atoms with van der Waals surface area (Å²) in [4.78, 5) is 0. The van der Waals surface area contributed by atoms with E-state index in [-0.39, 0.29) is 6.10 Å². The highest BCUT2D eigenvalue weighted by molar-refractivity contribution is 5.12. The van der Waals surface area contributed by atoms with Crippen LogP contribution in [0.25, 0.3) is 0 Å². The molecule has 3 unspecified atom stereocenters. The molecule has 0 aromatic heterocycles. The molecule has 0 aromatic carbocycles. The van der Waals surface area contributed by atoms with Gasteiger partial charge >= 0.3 is 0 Å². The second-order valence-electron chi connectivity index (χ2n) is 3.98. The predicted octanol–water partition coefficient (Wildman–Crippen LogP) is 2.11. The zero-order valence-electron chi connectivity index (χ0n) is 6.92. The third-order valence-corrected chi connectivity index (χ3v) is 3.30. The first kappa shape index (κ1) is 7.35. The summed E-state index contributed by atoms with van der Waals surface area (Å²) in [6, 6.07) is 0. The number of aliphatic hydroxyl groups is 1. The summed E-state index contributed by atoms with van der Waals surface area (Å²) >= 11 is 0. The van der Waals surface area contributed by atoms with Crippen molar-refractivity contribution in [3.63, 3.8) is 0 Å². The van der Waals surface area contributed by atoms with E-state index in [0.29, 0.717) is 5.92 Å². The Bertz CT molecular complexity index is 174. The van der Waals surface area contributed by atoms with Gasteiger partial charge in [0.15, 0.2) is 0 Å². The van der Waals surface area contributed by atoms with Gasteiger partial charge in [-0.3, -0.25) is 0 Å². The van der Waals surface area contributed by atoms with Crippen LogP contribution in [-0.2, 0) is 0 Å². The normalized spacial score (nSPS) is 44.1. The molecule has 0 aromatic rings. The molecule has 1 N–H and O–H groups in total. The van der Waals surface area contributed by atoms with E-state index in [0.717, 1.165) is 18.8 Å². The second-order valence-corrected chi connectivity index (χ2v) is 3.98. The maximum atomic E-state index is 9.69. The molecule has 0 aliphatic heterocycles. The Balaban J connectivity index is 2.14. The van der Waals surface area contributed by atoms with Crippen molar-refractivity contribution in [3.05, 3.63) is 12.2 Å². The summed E-state index contributed by atoms with van der Waals surface area (Å²) in [5.41, 5.74) is 1.31. The summed E-state index contributed by atoms with van der Waals surface area (Å²) in [7, 11) is 0. The van der Waals surface area contributed by atoms with Crippen molar-refractivity contribution in [2.24, 2.45) is 11.8 Å². The number of rotatable bonds is 0. The zero-order valence-corrected chi connectivity index (χ0v) is 6.92. The van der Waals surface area contributed by atoms with Gasteiger partial charge in [0.05, 0.1) is 6.10 Å². The van der Waals surface area contributed by atoms with Gasteiger partial charge in [-0.05, 0) is 31.6 Å². The van der Waals surface area contributed by atoms with Gasteiger partial charge in [-0.1, -0.05) is 18.6 Å². The molecular formula is C10H16O. The lowest BCUT2D eigenvalue weighted by atomic mass is 9.78. The Hall–Kier alpha value is -0.300. The highest BCUT2D eigenvalue weighted by atomic mass is 16.3. The van der Waals surface area contributed by atoms with Crippen LogP contribution in [0, 0.1) is 11.8 Å². The molecule has 2 aliphatic rings. The van der Waals surface area contributed by atoms with Crippen LogP contribution >= 0.6 is 0 Å². The van der Waals surface area contributed by atoms with E-state index in [1.54, 1.807) is 0 Å². The van der Waals surface area contributed by atoms with Crippen molar-refractivity contribution in [2.75, 3.05) is 0 Å². The van der Waals surface area contributed by atoms with Crippen molar-refractivity contribution in [1.29, 1.82) is 0 Å². The topological polar surface area (TPSA) is 20.2 Å². The van der Waals surface area contributed by atoms with Gasteiger partial charge < -0.3 is 5.11 Å². The molecule has 2 saturated carbocycles. The Kier molecular flexibility index (Phi) is 1.76. The van der Waals surface area contributed by atoms with Crippen molar-refractivity contribution in [1.82, 2.24) is 0 Å². The molecule has 2 fully saturated rings. The van der Waals surface area contributed by atoms with Crippen molar-refractivity contribution < 1.29 is 5.11 Å². The molecule has 2 aliphatic carbocycles. The lowest BCUT2D eigenvalue weighted by Crippen LogP contribution is -2.29. The van der Waals surface area contributed by atoms with Crippen LogP contribution in [0.2, 0.25) is 0 Å². The van der Waals surface area contributed by atoms with Gasteiger partial charge in [0.1, 0.15) is 0 Å². The van der Waals surface area contributed by atoms with E-state index in [2.05, 4.69) is 6.58 Å². The van der Waals surface area contributed by atoms with Gasteiger partial charge in [0.2, 0.25) is 0 Å².